The van der Waals surface area contributed by atoms with Crippen LogP contribution in [0.5, 0.6) is 0 Å². The molecule has 0 N–H and O–H groups in total. The molecule has 0 bridgehead atoms. The number of rotatable bonds is 6. The quantitative estimate of drug-likeness (QED) is 0.169. The van der Waals surface area contributed by atoms with Crippen molar-refractivity contribution in [1.29, 1.82) is 0 Å². The summed E-state index contributed by atoms with van der Waals surface area (Å²) in [6, 6.07) is 40.7. The predicted octanol–water partition coefficient (Wildman–Crippen LogP) is 13.1. The summed E-state index contributed by atoms with van der Waals surface area (Å²) < 4.78 is 0. The van der Waals surface area contributed by atoms with Gasteiger partial charge in [-0.1, -0.05) is 153 Å². The van der Waals surface area contributed by atoms with Gasteiger partial charge in [0.1, 0.15) is 0 Å². The molecule has 222 valence electrons. The third-order valence-corrected chi connectivity index (χ3v) is 10.1. The van der Waals surface area contributed by atoms with E-state index in [9.17, 15) is 0 Å². The topological polar surface area (TPSA) is 0 Å². The van der Waals surface area contributed by atoms with Gasteiger partial charge in [-0.05, 0) is 115 Å². The third kappa shape index (κ3) is 4.95. The summed E-state index contributed by atoms with van der Waals surface area (Å²) >= 11 is 0. The number of fused-ring (bicyclic) bond motifs is 6. The van der Waals surface area contributed by atoms with Gasteiger partial charge >= 0.3 is 0 Å². The SMILES string of the molecule is C=C(c1ccccc1-c1ccccc1-c1ccc2c3ccccc3c3ccc(C4=CCCC=C4)cc3c2c1)C(C)C1=CC=CCC1. The highest BCUT2D eigenvalue weighted by molar-refractivity contribution is 6.26. The molecule has 0 amide bonds. The lowest BCUT2D eigenvalue weighted by Gasteiger charge is -2.23. The Morgan fingerprint density at radius 2 is 1.22 bits per heavy atom. The van der Waals surface area contributed by atoms with Gasteiger partial charge in [0.25, 0.3) is 0 Å². The van der Waals surface area contributed by atoms with Gasteiger partial charge < -0.3 is 0 Å². The highest BCUT2D eigenvalue weighted by atomic mass is 14.2. The van der Waals surface area contributed by atoms with Crippen LogP contribution in [0.4, 0.5) is 0 Å². The van der Waals surface area contributed by atoms with Gasteiger partial charge in [-0.2, -0.15) is 0 Å². The van der Waals surface area contributed by atoms with Crippen molar-refractivity contribution in [2.24, 2.45) is 5.92 Å². The Kier molecular flexibility index (Phi) is 7.35. The second kappa shape index (κ2) is 12.0. The van der Waals surface area contributed by atoms with E-state index in [1.165, 1.54) is 82.4 Å². The molecule has 2 aliphatic carbocycles. The molecule has 0 spiro atoms. The first-order chi connectivity index (χ1) is 22.7. The standard InChI is InChI=1S/C46H38/c1-31(33-15-5-3-6-16-33)32(2)37-19-9-11-21-39(37)40-22-12-10-20-38(40)36-26-28-44-42-24-14-13-23-41(42)43-27-25-35(29-45(43)46(44)30-36)34-17-7-4-8-18-34/h3,5,7,9-15,17-31H,2,4,6,8,16H2,1H3. The van der Waals surface area contributed by atoms with Crippen LogP contribution in [-0.4, -0.2) is 0 Å². The van der Waals surface area contributed by atoms with Crippen LogP contribution in [0, 0.1) is 5.92 Å². The molecule has 0 aromatic heterocycles. The van der Waals surface area contributed by atoms with Gasteiger partial charge in [0.2, 0.25) is 0 Å². The van der Waals surface area contributed by atoms with Crippen LogP contribution in [-0.2, 0) is 0 Å². The Hall–Kier alpha value is -5.20. The lowest BCUT2D eigenvalue weighted by atomic mass is 9.81. The van der Waals surface area contributed by atoms with Crippen LogP contribution in [0.1, 0.15) is 43.7 Å². The second-order valence-electron chi connectivity index (χ2n) is 12.8. The smallest absolute Gasteiger partial charge is 0.00233 e. The van der Waals surface area contributed by atoms with E-state index < -0.39 is 0 Å². The maximum absolute atomic E-state index is 4.67. The van der Waals surface area contributed by atoms with E-state index in [1.807, 2.05) is 0 Å². The number of allylic oxidation sites excluding steroid dienone is 9. The molecule has 6 aromatic rings. The van der Waals surface area contributed by atoms with Crippen molar-refractivity contribution < 1.29 is 0 Å². The van der Waals surface area contributed by atoms with E-state index in [2.05, 4.69) is 159 Å². The highest BCUT2D eigenvalue weighted by Crippen LogP contribution is 2.43. The zero-order chi connectivity index (χ0) is 31.0. The molecule has 6 aromatic carbocycles. The lowest BCUT2D eigenvalue weighted by Crippen LogP contribution is -2.05. The van der Waals surface area contributed by atoms with Gasteiger partial charge in [-0.3, -0.25) is 0 Å². The Bertz CT molecular complexity index is 2280. The molecule has 0 heterocycles. The fraction of sp³-hybridized carbons (Fsp3) is 0.130. The van der Waals surface area contributed by atoms with Crippen molar-refractivity contribution in [2.45, 2.75) is 32.6 Å². The minimum absolute atomic E-state index is 0.293. The van der Waals surface area contributed by atoms with Crippen molar-refractivity contribution >= 4 is 43.5 Å². The van der Waals surface area contributed by atoms with Crippen LogP contribution in [0.2, 0.25) is 0 Å². The average Bonchev–Trinajstić information content (AvgIpc) is 3.14. The molecule has 0 fully saturated rings. The van der Waals surface area contributed by atoms with Crippen LogP contribution in [0.15, 0.2) is 158 Å². The minimum atomic E-state index is 0.293. The first kappa shape index (κ1) is 28.3. The van der Waals surface area contributed by atoms with Gasteiger partial charge in [0.15, 0.2) is 0 Å². The molecule has 1 unspecified atom stereocenters. The summed E-state index contributed by atoms with van der Waals surface area (Å²) in [7, 11) is 0. The summed E-state index contributed by atoms with van der Waals surface area (Å²) in [5.41, 5.74) is 11.4. The molecule has 0 saturated heterocycles. The van der Waals surface area contributed by atoms with E-state index in [0.717, 1.165) is 25.7 Å². The molecule has 0 saturated carbocycles. The zero-order valence-electron chi connectivity index (χ0n) is 26.5. The van der Waals surface area contributed by atoms with Gasteiger partial charge in [0, 0.05) is 5.92 Å². The van der Waals surface area contributed by atoms with Gasteiger partial charge in [-0.15, -0.1) is 0 Å². The van der Waals surface area contributed by atoms with Crippen molar-refractivity contribution in [2.75, 3.05) is 0 Å². The van der Waals surface area contributed by atoms with Crippen molar-refractivity contribution in [3.63, 3.8) is 0 Å². The number of hydrogen-bond donors (Lipinski definition) is 0. The van der Waals surface area contributed by atoms with Gasteiger partial charge in [-0.25, -0.2) is 0 Å². The summed E-state index contributed by atoms with van der Waals surface area (Å²) in [6.07, 6.45) is 18.1. The fourth-order valence-electron chi connectivity index (χ4n) is 7.54. The third-order valence-electron chi connectivity index (χ3n) is 10.1. The Morgan fingerprint density at radius 1 is 0.587 bits per heavy atom. The molecule has 8 rings (SSSR count). The normalized spacial score (nSPS) is 15.2. The minimum Gasteiger partial charge on any atom is -0.0946 e. The van der Waals surface area contributed by atoms with E-state index in [-0.39, 0.29) is 0 Å². The maximum atomic E-state index is 4.67. The zero-order valence-corrected chi connectivity index (χ0v) is 26.5. The molecule has 0 nitrogen and oxygen atoms in total. The highest BCUT2D eigenvalue weighted by Gasteiger charge is 2.19. The van der Waals surface area contributed by atoms with Crippen molar-refractivity contribution in [3.8, 4) is 22.3 Å². The molecular weight excluding hydrogens is 553 g/mol. The van der Waals surface area contributed by atoms with Gasteiger partial charge in [0.05, 0.1) is 0 Å². The lowest BCUT2D eigenvalue weighted by molar-refractivity contribution is 0.791. The summed E-state index contributed by atoms with van der Waals surface area (Å²) in [4.78, 5) is 0. The van der Waals surface area contributed by atoms with Crippen LogP contribution in [0.25, 0.3) is 65.7 Å². The summed E-state index contributed by atoms with van der Waals surface area (Å²) in [5.74, 6) is 0.293. The number of benzene rings is 6. The second-order valence-corrected chi connectivity index (χ2v) is 12.8. The molecule has 46 heavy (non-hydrogen) atoms. The molecule has 1 atom stereocenters. The largest absolute Gasteiger partial charge is 0.0946 e. The van der Waals surface area contributed by atoms with E-state index in [4.69, 9.17) is 0 Å². The summed E-state index contributed by atoms with van der Waals surface area (Å²) in [5, 5.41) is 7.82. The van der Waals surface area contributed by atoms with E-state index in [1.54, 1.807) is 0 Å². The Balaban J connectivity index is 1.31. The molecule has 0 heteroatoms. The van der Waals surface area contributed by atoms with Crippen molar-refractivity contribution in [3.05, 3.63) is 169 Å². The van der Waals surface area contributed by atoms with E-state index in [0.29, 0.717) is 5.92 Å². The summed E-state index contributed by atoms with van der Waals surface area (Å²) in [6.45, 7) is 6.97. The Morgan fingerprint density at radius 3 is 1.91 bits per heavy atom. The average molecular weight is 591 g/mol. The van der Waals surface area contributed by atoms with Crippen LogP contribution in [0.3, 0.4) is 0 Å². The van der Waals surface area contributed by atoms with Crippen LogP contribution < -0.4 is 0 Å². The first-order valence-corrected chi connectivity index (χ1v) is 16.7. The maximum Gasteiger partial charge on any atom is 0.00233 e. The van der Waals surface area contributed by atoms with E-state index >= 15 is 0 Å². The Labute approximate surface area is 272 Å². The number of hydrogen-bond acceptors (Lipinski definition) is 0. The fourth-order valence-corrected chi connectivity index (χ4v) is 7.54. The molecular formula is C46H38. The molecule has 0 radical (unpaired) electrons. The monoisotopic (exact) mass is 590 g/mol. The molecule has 2 aliphatic rings. The van der Waals surface area contributed by atoms with Crippen molar-refractivity contribution in [1.82, 2.24) is 0 Å². The van der Waals surface area contributed by atoms with Crippen LogP contribution >= 0.6 is 0 Å². The molecule has 0 aliphatic heterocycles. The first-order valence-electron chi connectivity index (χ1n) is 16.7. The predicted molar refractivity (Wildman–Crippen MR) is 201 cm³/mol.